The van der Waals surface area contributed by atoms with E-state index < -0.39 is 6.36 Å². The Morgan fingerprint density at radius 2 is 2.13 bits per heavy atom. The van der Waals surface area contributed by atoms with Crippen molar-refractivity contribution in [3.63, 3.8) is 0 Å². The summed E-state index contributed by atoms with van der Waals surface area (Å²) in [6.45, 7) is 0. The lowest BCUT2D eigenvalue weighted by Crippen LogP contribution is -2.18. The highest BCUT2D eigenvalue weighted by Gasteiger charge is 2.31. The van der Waals surface area contributed by atoms with E-state index in [9.17, 15) is 13.2 Å². The number of ether oxygens (including phenoxy) is 1. The first-order valence-electron chi connectivity index (χ1n) is 4.01. The Bertz CT molecular complexity index is 379. The molecule has 1 rings (SSSR count). The summed E-state index contributed by atoms with van der Waals surface area (Å²) >= 11 is 0. The van der Waals surface area contributed by atoms with Crippen LogP contribution < -0.4 is 10.5 Å². The summed E-state index contributed by atoms with van der Waals surface area (Å²) in [6, 6.07) is 5.33. The van der Waals surface area contributed by atoms with Crippen molar-refractivity contribution in [2.75, 3.05) is 7.05 Å². The molecule has 0 fully saturated rings. The van der Waals surface area contributed by atoms with Gasteiger partial charge in [-0.25, -0.2) is 0 Å². The van der Waals surface area contributed by atoms with Gasteiger partial charge >= 0.3 is 6.36 Å². The molecule has 0 radical (unpaired) electrons. The fourth-order valence-corrected chi connectivity index (χ4v) is 0.982. The molecule has 2 N–H and O–H groups in total. The quantitative estimate of drug-likeness (QED) is 0.613. The summed E-state index contributed by atoms with van der Waals surface area (Å²) < 4.78 is 39.3. The highest BCUT2D eigenvalue weighted by atomic mass is 19.4. The van der Waals surface area contributed by atoms with Crippen molar-refractivity contribution in [3.8, 4) is 5.75 Å². The van der Waals surface area contributed by atoms with Crippen LogP contribution in [0.15, 0.2) is 29.3 Å². The van der Waals surface area contributed by atoms with E-state index in [0.29, 0.717) is 5.56 Å². The van der Waals surface area contributed by atoms with E-state index >= 15 is 0 Å². The van der Waals surface area contributed by atoms with Gasteiger partial charge in [0.2, 0.25) is 0 Å². The second kappa shape index (κ2) is 4.20. The van der Waals surface area contributed by atoms with Crippen molar-refractivity contribution in [3.05, 3.63) is 29.8 Å². The molecule has 0 atom stereocenters. The average Bonchev–Trinajstić information content (AvgIpc) is 2.14. The molecule has 0 spiro atoms. The predicted molar refractivity (Wildman–Crippen MR) is 51.9 cm³/mol. The maximum atomic E-state index is 11.9. The normalized spacial score (nSPS) is 12.7. The largest absolute Gasteiger partial charge is 0.573 e. The summed E-state index contributed by atoms with van der Waals surface area (Å²) in [4.78, 5) is 3.65. The van der Waals surface area contributed by atoms with Crippen LogP contribution in [0.25, 0.3) is 0 Å². The highest BCUT2D eigenvalue weighted by Crippen LogP contribution is 2.23. The molecule has 0 heterocycles. The number of hydrogen-bond acceptors (Lipinski definition) is 2. The van der Waals surface area contributed by atoms with E-state index in [4.69, 9.17) is 5.73 Å². The molecule has 0 aliphatic rings. The van der Waals surface area contributed by atoms with Crippen LogP contribution in [0.1, 0.15) is 6.99 Å². The molecule has 0 bridgehead atoms. The maximum Gasteiger partial charge on any atom is 0.573 e. The lowest BCUT2D eigenvalue weighted by Gasteiger charge is -2.09. The first-order valence-corrected chi connectivity index (χ1v) is 4.01. The van der Waals surface area contributed by atoms with Crippen LogP contribution in [0.4, 0.5) is 13.2 Å². The van der Waals surface area contributed by atoms with Crippen molar-refractivity contribution < 1.29 is 19.3 Å². The fraction of sp³-hybridized carbons (Fsp3) is 0.222. The van der Waals surface area contributed by atoms with E-state index in [1.165, 1.54) is 25.2 Å². The number of benzene rings is 1. The van der Waals surface area contributed by atoms with Gasteiger partial charge in [-0.1, -0.05) is 12.1 Å². The standard InChI is InChI=1S/C9H9F3N2O.H2/c1-14-8(13)6-3-2-4-7(5-6)15-9(10,11)12;/h2-5H,1H3,(H2,13,14);1H. The van der Waals surface area contributed by atoms with Gasteiger partial charge in [0, 0.05) is 14.0 Å². The highest BCUT2D eigenvalue weighted by molar-refractivity contribution is 5.97. The number of alkyl halides is 3. The molecular weight excluding hydrogens is 209 g/mol. The van der Waals surface area contributed by atoms with E-state index in [2.05, 4.69) is 9.73 Å². The topological polar surface area (TPSA) is 47.6 Å². The third kappa shape index (κ3) is 3.49. The van der Waals surface area contributed by atoms with Gasteiger partial charge in [0.15, 0.2) is 0 Å². The first kappa shape index (κ1) is 11.4. The van der Waals surface area contributed by atoms with Gasteiger partial charge in [-0.15, -0.1) is 13.2 Å². The van der Waals surface area contributed by atoms with Gasteiger partial charge in [0.1, 0.15) is 11.6 Å². The van der Waals surface area contributed by atoms with Crippen LogP contribution in [0.2, 0.25) is 0 Å². The Kier molecular flexibility index (Phi) is 3.18. The summed E-state index contributed by atoms with van der Waals surface area (Å²) in [5.41, 5.74) is 5.83. The van der Waals surface area contributed by atoms with Gasteiger partial charge in [-0.05, 0) is 12.1 Å². The lowest BCUT2D eigenvalue weighted by atomic mass is 10.2. The van der Waals surface area contributed by atoms with E-state index in [-0.39, 0.29) is 13.0 Å². The third-order valence-corrected chi connectivity index (χ3v) is 1.60. The molecule has 0 saturated heterocycles. The second-order valence-electron chi connectivity index (χ2n) is 2.68. The molecule has 0 aliphatic carbocycles. The molecule has 0 saturated carbocycles. The number of amidine groups is 1. The van der Waals surface area contributed by atoms with Crippen LogP contribution in [0.5, 0.6) is 5.75 Å². The fourth-order valence-electron chi connectivity index (χ4n) is 0.982. The average molecular weight is 220 g/mol. The molecule has 0 aliphatic heterocycles. The molecule has 1 aromatic rings. The number of rotatable bonds is 2. The van der Waals surface area contributed by atoms with Crippen molar-refractivity contribution in [1.29, 1.82) is 0 Å². The van der Waals surface area contributed by atoms with Gasteiger partial charge < -0.3 is 10.5 Å². The summed E-state index contributed by atoms with van der Waals surface area (Å²) in [5.74, 6) is -0.158. The summed E-state index contributed by atoms with van der Waals surface area (Å²) in [6.07, 6.45) is -4.70. The van der Waals surface area contributed by atoms with Crippen molar-refractivity contribution in [2.24, 2.45) is 10.7 Å². The van der Waals surface area contributed by atoms with Gasteiger partial charge in [-0.3, -0.25) is 4.99 Å². The van der Waals surface area contributed by atoms with Crippen LogP contribution in [0.3, 0.4) is 0 Å². The van der Waals surface area contributed by atoms with Crippen LogP contribution in [-0.4, -0.2) is 19.2 Å². The van der Waals surface area contributed by atoms with Crippen LogP contribution in [0, 0.1) is 0 Å². The predicted octanol–water partition coefficient (Wildman–Crippen LogP) is 2.17. The number of halogens is 3. The molecule has 3 nitrogen and oxygen atoms in total. The van der Waals surface area contributed by atoms with E-state index in [0.717, 1.165) is 0 Å². The minimum atomic E-state index is -4.70. The minimum absolute atomic E-state index is 0. The SMILES string of the molecule is CN=C(N)c1cccc(OC(F)(F)F)c1.[HH]. The molecule has 15 heavy (non-hydrogen) atoms. The first-order chi connectivity index (χ1) is 6.92. The molecular formula is C9H11F3N2O. The molecule has 0 amide bonds. The Morgan fingerprint density at radius 3 is 2.67 bits per heavy atom. The monoisotopic (exact) mass is 220 g/mol. The van der Waals surface area contributed by atoms with Gasteiger partial charge in [-0.2, -0.15) is 0 Å². The zero-order valence-electron chi connectivity index (χ0n) is 7.88. The van der Waals surface area contributed by atoms with E-state index in [1.54, 1.807) is 6.07 Å². The lowest BCUT2D eigenvalue weighted by molar-refractivity contribution is -0.274. The summed E-state index contributed by atoms with van der Waals surface area (Å²) in [7, 11) is 1.45. The van der Waals surface area contributed by atoms with Crippen LogP contribution in [-0.2, 0) is 0 Å². The molecule has 0 unspecified atom stereocenters. The zero-order chi connectivity index (χ0) is 11.5. The van der Waals surface area contributed by atoms with Crippen molar-refractivity contribution in [1.82, 2.24) is 0 Å². The number of hydrogen-bond donors (Lipinski definition) is 1. The minimum Gasteiger partial charge on any atom is -0.406 e. The number of nitrogens with zero attached hydrogens (tertiary/aromatic N) is 1. The zero-order valence-corrected chi connectivity index (χ0v) is 7.88. The number of aliphatic imine (C=N–C) groups is 1. The molecule has 6 heteroatoms. The Hall–Kier alpha value is -1.72. The maximum absolute atomic E-state index is 11.9. The third-order valence-electron chi connectivity index (χ3n) is 1.60. The van der Waals surface area contributed by atoms with Gasteiger partial charge in [0.05, 0.1) is 0 Å². The van der Waals surface area contributed by atoms with Crippen molar-refractivity contribution in [2.45, 2.75) is 6.36 Å². The molecule has 0 aromatic heterocycles. The molecule has 84 valence electrons. The summed E-state index contributed by atoms with van der Waals surface area (Å²) in [5, 5.41) is 0. The van der Waals surface area contributed by atoms with Gasteiger partial charge in [0.25, 0.3) is 0 Å². The Balaban J connectivity index is 0.00000225. The second-order valence-corrected chi connectivity index (χ2v) is 2.68. The Labute approximate surface area is 85.9 Å². The molecule has 1 aromatic carbocycles. The number of nitrogens with two attached hydrogens (primary N) is 1. The van der Waals surface area contributed by atoms with Crippen molar-refractivity contribution >= 4 is 5.84 Å². The smallest absolute Gasteiger partial charge is 0.406 e. The Morgan fingerprint density at radius 1 is 1.47 bits per heavy atom. The van der Waals surface area contributed by atoms with E-state index in [1.807, 2.05) is 0 Å². The van der Waals surface area contributed by atoms with Crippen LogP contribution >= 0.6 is 0 Å².